The van der Waals surface area contributed by atoms with Crippen molar-refractivity contribution in [3.63, 3.8) is 0 Å². The number of halogens is 2. The highest BCUT2D eigenvalue weighted by Gasteiger charge is 2.15. The summed E-state index contributed by atoms with van der Waals surface area (Å²) in [4.78, 5) is 11.2. The normalized spacial score (nSPS) is 12.2. The number of nitrogens with two attached hydrogens (primary N) is 1. The van der Waals surface area contributed by atoms with E-state index in [2.05, 4.69) is 0 Å². The quantitative estimate of drug-likeness (QED) is 0.849. The molecule has 1 aromatic rings. The van der Waals surface area contributed by atoms with Gasteiger partial charge in [-0.1, -0.05) is 23.2 Å². The Labute approximate surface area is 104 Å². The van der Waals surface area contributed by atoms with Crippen molar-refractivity contribution in [1.82, 2.24) is 0 Å². The second-order valence-electron chi connectivity index (χ2n) is 3.28. The molecule has 0 aromatic heterocycles. The molecule has 0 heterocycles. The SMILES string of the molecule is CCOC(=O)CC(N)c1cc(Cl)ccc1Cl. The minimum Gasteiger partial charge on any atom is -0.466 e. The standard InChI is InChI=1S/C11H13Cl2NO2/c1-2-16-11(15)6-10(14)8-5-7(12)3-4-9(8)13/h3-5,10H,2,6,14H2,1H3. The molecule has 0 amide bonds. The summed E-state index contributed by atoms with van der Waals surface area (Å²) in [6.07, 6.45) is 0.0912. The van der Waals surface area contributed by atoms with E-state index < -0.39 is 6.04 Å². The molecule has 0 radical (unpaired) electrons. The van der Waals surface area contributed by atoms with Crippen LogP contribution in [0.4, 0.5) is 0 Å². The van der Waals surface area contributed by atoms with Gasteiger partial charge in [0.2, 0.25) is 0 Å². The fraction of sp³-hybridized carbons (Fsp3) is 0.364. The van der Waals surface area contributed by atoms with Gasteiger partial charge in [-0.3, -0.25) is 4.79 Å². The van der Waals surface area contributed by atoms with E-state index in [1.807, 2.05) is 0 Å². The third-order valence-electron chi connectivity index (χ3n) is 2.05. The van der Waals surface area contributed by atoms with E-state index in [1.54, 1.807) is 25.1 Å². The first-order chi connectivity index (χ1) is 7.54. The van der Waals surface area contributed by atoms with Gasteiger partial charge in [-0.15, -0.1) is 0 Å². The minimum atomic E-state index is -0.495. The van der Waals surface area contributed by atoms with Gasteiger partial charge in [-0.05, 0) is 30.7 Å². The van der Waals surface area contributed by atoms with E-state index >= 15 is 0 Å². The van der Waals surface area contributed by atoms with Crippen molar-refractivity contribution < 1.29 is 9.53 Å². The molecule has 1 rings (SSSR count). The molecule has 0 bridgehead atoms. The molecule has 1 unspecified atom stereocenters. The Kier molecular flexibility index (Phi) is 5.06. The zero-order valence-electron chi connectivity index (χ0n) is 8.87. The Balaban J connectivity index is 2.76. The van der Waals surface area contributed by atoms with Gasteiger partial charge in [-0.2, -0.15) is 0 Å². The van der Waals surface area contributed by atoms with Crippen LogP contribution in [0.2, 0.25) is 10.0 Å². The van der Waals surface area contributed by atoms with Gasteiger partial charge in [0.1, 0.15) is 0 Å². The molecule has 2 N–H and O–H groups in total. The highest BCUT2D eigenvalue weighted by molar-refractivity contribution is 6.33. The highest BCUT2D eigenvalue weighted by atomic mass is 35.5. The van der Waals surface area contributed by atoms with Crippen molar-refractivity contribution in [3.05, 3.63) is 33.8 Å². The molecule has 1 aromatic carbocycles. The fourth-order valence-electron chi connectivity index (χ4n) is 1.31. The van der Waals surface area contributed by atoms with E-state index in [0.29, 0.717) is 22.2 Å². The van der Waals surface area contributed by atoms with Crippen molar-refractivity contribution in [2.24, 2.45) is 5.73 Å². The molecule has 16 heavy (non-hydrogen) atoms. The average Bonchev–Trinajstić information content (AvgIpc) is 2.21. The summed E-state index contributed by atoms with van der Waals surface area (Å²) < 4.78 is 4.81. The first-order valence-corrected chi connectivity index (χ1v) is 5.66. The van der Waals surface area contributed by atoms with Crippen LogP contribution in [0.15, 0.2) is 18.2 Å². The van der Waals surface area contributed by atoms with Crippen molar-refractivity contribution in [2.75, 3.05) is 6.61 Å². The summed E-state index contributed by atoms with van der Waals surface area (Å²) in [5.41, 5.74) is 6.51. The predicted molar refractivity (Wildman–Crippen MR) is 64.6 cm³/mol. The number of esters is 1. The molecule has 0 aliphatic rings. The van der Waals surface area contributed by atoms with Crippen LogP contribution in [0.3, 0.4) is 0 Å². The molecule has 0 saturated heterocycles. The zero-order chi connectivity index (χ0) is 12.1. The van der Waals surface area contributed by atoms with Crippen molar-refractivity contribution in [1.29, 1.82) is 0 Å². The number of ether oxygens (including phenoxy) is 1. The Bertz CT molecular complexity index is 382. The number of hydrogen-bond acceptors (Lipinski definition) is 3. The van der Waals surface area contributed by atoms with E-state index in [-0.39, 0.29) is 12.4 Å². The maximum absolute atomic E-state index is 11.2. The Morgan fingerprint density at radius 3 is 2.81 bits per heavy atom. The van der Waals surface area contributed by atoms with Crippen LogP contribution < -0.4 is 5.73 Å². The molecule has 1 atom stereocenters. The van der Waals surface area contributed by atoms with Crippen molar-refractivity contribution in [2.45, 2.75) is 19.4 Å². The Morgan fingerprint density at radius 2 is 2.19 bits per heavy atom. The van der Waals surface area contributed by atoms with Gasteiger partial charge < -0.3 is 10.5 Å². The first kappa shape index (κ1) is 13.3. The number of rotatable bonds is 4. The van der Waals surface area contributed by atoms with Gasteiger partial charge in [0.25, 0.3) is 0 Å². The lowest BCUT2D eigenvalue weighted by atomic mass is 10.0. The van der Waals surface area contributed by atoms with Crippen LogP contribution in [0.5, 0.6) is 0 Å². The van der Waals surface area contributed by atoms with Crippen LogP contribution in [0.1, 0.15) is 24.9 Å². The third-order valence-corrected chi connectivity index (χ3v) is 2.63. The average molecular weight is 262 g/mol. The van der Waals surface area contributed by atoms with Crippen LogP contribution in [0, 0.1) is 0 Å². The van der Waals surface area contributed by atoms with Gasteiger partial charge in [-0.25, -0.2) is 0 Å². The molecule has 0 spiro atoms. The minimum absolute atomic E-state index is 0.0912. The van der Waals surface area contributed by atoms with Gasteiger partial charge in [0, 0.05) is 16.1 Å². The van der Waals surface area contributed by atoms with Gasteiger partial charge in [0.05, 0.1) is 13.0 Å². The number of carbonyl (C=O) groups is 1. The lowest BCUT2D eigenvalue weighted by molar-refractivity contribution is -0.143. The van der Waals surface area contributed by atoms with E-state index in [9.17, 15) is 4.79 Å². The summed E-state index contributed by atoms with van der Waals surface area (Å²) >= 11 is 11.8. The fourth-order valence-corrected chi connectivity index (χ4v) is 1.75. The maximum atomic E-state index is 11.2. The number of benzene rings is 1. The zero-order valence-corrected chi connectivity index (χ0v) is 10.4. The Hall–Kier alpha value is -0.770. The topological polar surface area (TPSA) is 52.3 Å². The van der Waals surface area contributed by atoms with E-state index in [0.717, 1.165) is 0 Å². The molecule has 88 valence electrons. The van der Waals surface area contributed by atoms with Crippen LogP contribution in [0.25, 0.3) is 0 Å². The molecule has 0 saturated carbocycles. The van der Waals surface area contributed by atoms with E-state index in [1.165, 1.54) is 0 Å². The monoisotopic (exact) mass is 261 g/mol. The van der Waals surface area contributed by atoms with Crippen LogP contribution in [-0.4, -0.2) is 12.6 Å². The second-order valence-corrected chi connectivity index (χ2v) is 4.13. The summed E-state index contributed by atoms with van der Waals surface area (Å²) in [7, 11) is 0. The maximum Gasteiger partial charge on any atom is 0.307 e. The molecule has 3 nitrogen and oxygen atoms in total. The summed E-state index contributed by atoms with van der Waals surface area (Å²) in [6.45, 7) is 2.09. The third kappa shape index (κ3) is 3.67. The predicted octanol–water partition coefficient (Wildman–Crippen LogP) is 2.95. The summed E-state index contributed by atoms with van der Waals surface area (Å²) in [6, 6.07) is 4.49. The van der Waals surface area contributed by atoms with E-state index in [4.69, 9.17) is 33.7 Å². The lowest BCUT2D eigenvalue weighted by Gasteiger charge is -2.13. The molecular formula is C11H13Cl2NO2. The molecule has 5 heteroatoms. The summed E-state index contributed by atoms with van der Waals surface area (Å²) in [5, 5.41) is 1.04. The first-order valence-electron chi connectivity index (χ1n) is 4.90. The molecule has 0 fully saturated rings. The number of hydrogen-bond donors (Lipinski definition) is 1. The lowest BCUT2D eigenvalue weighted by Crippen LogP contribution is -2.17. The second kappa shape index (κ2) is 6.09. The summed E-state index contributed by atoms with van der Waals surface area (Å²) in [5.74, 6) is -0.342. The molecular weight excluding hydrogens is 249 g/mol. The van der Waals surface area contributed by atoms with Gasteiger partial charge in [0.15, 0.2) is 0 Å². The smallest absolute Gasteiger partial charge is 0.307 e. The highest BCUT2D eigenvalue weighted by Crippen LogP contribution is 2.26. The number of carbonyl (C=O) groups excluding carboxylic acids is 1. The van der Waals surface area contributed by atoms with Crippen molar-refractivity contribution in [3.8, 4) is 0 Å². The largest absolute Gasteiger partial charge is 0.466 e. The van der Waals surface area contributed by atoms with Gasteiger partial charge >= 0.3 is 5.97 Å². The molecule has 0 aliphatic heterocycles. The molecule has 0 aliphatic carbocycles. The van der Waals surface area contributed by atoms with Crippen LogP contribution in [-0.2, 0) is 9.53 Å². The van der Waals surface area contributed by atoms with Crippen molar-refractivity contribution >= 4 is 29.2 Å². The Morgan fingerprint density at radius 1 is 1.50 bits per heavy atom. The van der Waals surface area contributed by atoms with Crippen LogP contribution >= 0.6 is 23.2 Å².